The van der Waals surface area contributed by atoms with Crippen molar-refractivity contribution in [2.75, 3.05) is 7.05 Å². The first-order valence-electron chi connectivity index (χ1n) is 11.9. The molecule has 9 heteroatoms. The second-order valence-electron chi connectivity index (χ2n) is 9.41. The molecule has 0 saturated heterocycles. The maximum atomic E-state index is 13.5. The van der Waals surface area contributed by atoms with Crippen molar-refractivity contribution in [2.24, 2.45) is 0 Å². The molecule has 3 aromatic carbocycles. The molecule has 0 aliphatic rings. The van der Waals surface area contributed by atoms with E-state index in [0.29, 0.717) is 45.1 Å². The van der Waals surface area contributed by atoms with Crippen molar-refractivity contribution in [2.45, 2.75) is 26.3 Å². The fourth-order valence-electron chi connectivity index (χ4n) is 4.23. The summed E-state index contributed by atoms with van der Waals surface area (Å²) in [6.45, 7) is 5.28. The van der Waals surface area contributed by atoms with E-state index in [1.54, 1.807) is 64.2 Å². The summed E-state index contributed by atoms with van der Waals surface area (Å²) >= 11 is 0. The van der Waals surface area contributed by atoms with Crippen LogP contribution in [0.2, 0.25) is 0 Å². The molecule has 192 valence electrons. The highest BCUT2D eigenvalue weighted by Gasteiger charge is 2.29. The third-order valence-electron chi connectivity index (χ3n) is 6.19. The summed E-state index contributed by atoms with van der Waals surface area (Å²) < 4.78 is 24.8. The summed E-state index contributed by atoms with van der Waals surface area (Å²) in [6.07, 6.45) is 0. The molecular weight excluding hydrogens is 487 g/mol. The smallest absolute Gasteiger partial charge is 0.255 e. The lowest BCUT2D eigenvalue weighted by Gasteiger charge is -2.22. The zero-order valence-corrected chi connectivity index (χ0v) is 21.3. The normalized spacial score (nSPS) is 11.5. The molecule has 0 spiro atoms. The second kappa shape index (κ2) is 9.59. The number of halogens is 1. The van der Waals surface area contributed by atoms with Gasteiger partial charge >= 0.3 is 0 Å². The Kier molecular flexibility index (Phi) is 6.28. The molecule has 38 heavy (non-hydrogen) atoms. The molecule has 0 bridgehead atoms. The molecule has 0 unspecified atom stereocenters. The molecular formula is C29H25FN4O4. The van der Waals surface area contributed by atoms with E-state index in [0.717, 1.165) is 11.1 Å². The van der Waals surface area contributed by atoms with Crippen LogP contribution in [0.4, 0.5) is 4.39 Å². The Morgan fingerprint density at radius 3 is 2.32 bits per heavy atom. The van der Waals surface area contributed by atoms with Crippen molar-refractivity contribution in [1.82, 2.24) is 20.8 Å². The Morgan fingerprint density at radius 1 is 0.921 bits per heavy atom. The Balaban J connectivity index is 1.51. The Bertz CT molecular complexity index is 1670. The van der Waals surface area contributed by atoms with Gasteiger partial charge in [0, 0.05) is 23.6 Å². The molecule has 0 aliphatic carbocycles. The minimum absolute atomic E-state index is 0.304. The standard InChI is InChI=1S/C29H25FN4O4/c1-16-32-28(38-34-16)29(2,3)33-26(35)20-7-5-6-18(14-20)19-10-13-23-22(15-19)24(27(36)31-4)25(37-23)17-8-11-21(30)12-9-17/h5-15H,1-4H3,(H,31,36)(H,33,35). The lowest BCUT2D eigenvalue weighted by atomic mass is 9.98. The van der Waals surface area contributed by atoms with Crippen molar-refractivity contribution in [1.29, 1.82) is 0 Å². The van der Waals surface area contributed by atoms with E-state index in [2.05, 4.69) is 20.8 Å². The first-order valence-corrected chi connectivity index (χ1v) is 11.9. The van der Waals surface area contributed by atoms with E-state index >= 15 is 0 Å². The number of nitrogens with one attached hydrogen (secondary N) is 2. The Hall–Kier alpha value is -4.79. The van der Waals surface area contributed by atoms with Gasteiger partial charge in [-0.15, -0.1) is 0 Å². The van der Waals surface area contributed by atoms with Gasteiger partial charge in [0.25, 0.3) is 17.7 Å². The number of hydrogen-bond donors (Lipinski definition) is 2. The molecule has 2 N–H and O–H groups in total. The lowest BCUT2D eigenvalue weighted by molar-refractivity contribution is 0.0894. The fraction of sp³-hybridized carbons (Fsp3) is 0.172. The van der Waals surface area contributed by atoms with Gasteiger partial charge in [-0.3, -0.25) is 9.59 Å². The minimum atomic E-state index is -0.872. The second-order valence-corrected chi connectivity index (χ2v) is 9.41. The van der Waals surface area contributed by atoms with Crippen molar-refractivity contribution >= 4 is 22.8 Å². The minimum Gasteiger partial charge on any atom is -0.455 e. The lowest BCUT2D eigenvalue weighted by Crippen LogP contribution is -2.41. The predicted octanol–water partition coefficient (Wildman–Crippen LogP) is 5.62. The number of furan rings is 1. The SMILES string of the molecule is CNC(=O)c1c(-c2ccc(F)cc2)oc2ccc(-c3cccc(C(=O)NC(C)(C)c4nc(C)no4)c3)cc12. The Morgan fingerprint density at radius 2 is 1.63 bits per heavy atom. The maximum Gasteiger partial charge on any atom is 0.255 e. The molecule has 2 heterocycles. The van der Waals surface area contributed by atoms with Gasteiger partial charge < -0.3 is 19.6 Å². The summed E-state index contributed by atoms with van der Waals surface area (Å²) in [6, 6.07) is 18.4. The molecule has 2 amide bonds. The number of carbonyl (C=O) groups excluding carboxylic acids is 2. The van der Waals surface area contributed by atoms with Gasteiger partial charge in [0.15, 0.2) is 5.82 Å². The summed E-state index contributed by atoms with van der Waals surface area (Å²) in [5.74, 6) is 0.131. The van der Waals surface area contributed by atoms with Crippen molar-refractivity contribution in [3.8, 4) is 22.5 Å². The summed E-state index contributed by atoms with van der Waals surface area (Å²) in [7, 11) is 1.54. The average molecular weight is 513 g/mol. The number of amides is 2. The van der Waals surface area contributed by atoms with Crippen LogP contribution in [0.5, 0.6) is 0 Å². The van der Waals surface area contributed by atoms with Crippen LogP contribution in [0, 0.1) is 12.7 Å². The van der Waals surface area contributed by atoms with Gasteiger partial charge in [-0.05, 0) is 80.4 Å². The quantitative estimate of drug-likeness (QED) is 0.305. The largest absolute Gasteiger partial charge is 0.455 e. The molecule has 0 saturated carbocycles. The van der Waals surface area contributed by atoms with Crippen LogP contribution in [0.15, 0.2) is 75.7 Å². The van der Waals surface area contributed by atoms with Crippen molar-refractivity contribution < 1.29 is 22.9 Å². The van der Waals surface area contributed by atoms with E-state index in [4.69, 9.17) is 8.94 Å². The van der Waals surface area contributed by atoms with Crippen LogP contribution in [0.3, 0.4) is 0 Å². The van der Waals surface area contributed by atoms with Crippen LogP contribution in [-0.2, 0) is 5.54 Å². The van der Waals surface area contributed by atoms with Crippen LogP contribution in [0.1, 0.15) is 46.3 Å². The zero-order chi connectivity index (χ0) is 27.0. The fourth-order valence-corrected chi connectivity index (χ4v) is 4.23. The molecule has 0 aliphatic heterocycles. The molecule has 0 radical (unpaired) electrons. The van der Waals surface area contributed by atoms with Gasteiger partial charge in [-0.2, -0.15) is 4.98 Å². The van der Waals surface area contributed by atoms with E-state index in [9.17, 15) is 14.0 Å². The number of aryl methyl sites for hydroxylation is 1. The van der Waals surface area contributed by atoms with Crippen LogP contribution in [0.25, 0.3) is 33.4 Å². The number of rotatable bonds is 6. The van der Waals surface area contributed by atoms with E-state index < -0.39 is 5.54 Å². The number of benzene rings is 3. The molecule has 0 atom stereocenters. The number of hydrogen-bond acceptors (Lipinski definition) is 6. The van der Waals surface area contributed by atoms with E-state index in [-0.39, 0.29) is 17.6 Å². The van der Waals surface area contributed by atoms with Gasteiger partial charge in [0.2, 0.25) is 0 Å². The molecule has 5 aromatic rings. The summed E-state index contributed by atoms with van der Waals surface area (Å²) in [5.41, 5.74) is 2.58. The van der Waals surface area contributed by atoms with E-state index in [1.807, 2.05) is 18.2 Å². The summed E-state index contributed by atoms with van der Waals surface area (Å²) in [5, 5.41) is 10.00. The number of carbonyl (C=O) groups is 2. The van der Waals surface area contributed by atoms with Crippen molar-refractivity contribution in [3.63, 3.8) is 0 Å². The molecule has 0 fully saturated rings. The van der Waals surface area contributed by atoms with E-state index in [1.165, 1.54) is 12.1 Å². The third kappa shape index (κ3) is 4.66. The highest BCUT2D eigenvalue weighted by molar-refractivity contribution is 6.11. The van der Waals surface area contributed by atoms with Crippen LogP contribution in [-0.4, -0.2) is 29.0 Å². The van der Waals surface area contributed by atoms with Gasteiger partial charge in [0.1, 0.15) is 22.7 Å². The maximum absolute atomic E-state index is 13.5. The first-order chi connectivity index (χ1) is 18.2. The zero-order valence-electron chi connectivity index (χ0n) is 21.3. The highest BCUT2D eigenvalue weighted by atomic mass is 19.1. The predicted molar refractivity (Wildman–Crippen MR) is 140 cm³/mol. The van der Waals surface area contributed by atoms with Gasteiger partial charge in [-0.25, -0.2) is 4.39 Å². The topological polar surface area (TPSA) is 110 Å². The molecule has 5 rings (SSSR count). The van der Waals surface area contributed by atoms with Gasteiger partial charge in [0.05, 0.1) is 5.56 Å². The Labute approximate surface area is 217 Å². The van der Waals surface area contributed by atoms with Crippen LogP contribution < -0.4 is 10.6 Å². The number of aromatic nitrogens is 2. The monoisotopic (exact) mass is 512 g/mol. The summed E-state index contributed by atoms with van der Waals surface area (Å²) in [4.78, 5) is 30.2. The average Bonchev–Trinajstić information content (AvgIpc) is 3.52. The molecule has 2 aromatic heterocycles. The number of fused-ring (bicyclic) bond motifs is 1. The molecule has 8 nitrogen and oxygen atoms in total. The van der Waals surface area contributed by atoms with Crippen molar-refractivity contribution in [3.05, 3.63) is 95.4 Å². The van der Waals surface area contributed by atoms with Gasteiger partial charge in [-0.1, -0.05) is 23.4 Å². The first kappa shape index (κ1) is 24.9. The van der Waals surface area contributed by atoms with Crippen LogP contribution >= 0.6 is 0 Å². The third-order valence-corrected chi connectivity index (χ3v) is 6.19. The highest BCUT2D eigenvalue weighted by Crippen LogP contribution is 2.36. The number of nitrogens with zero attached hydrogens (tertiary/aromatic N) is 2.